The molecular weight excluding hydrogens is 386 g/mol. The minimum absolute atomic E-state index is 0.773. The van der Waals surface area contributed by atoms with Gasteiger partial charge in [-0.3, -0.25) is 4.98 Å². The van der Waals surface area contributed by atoms with Crippen molar-refractivity contribution in [2.24, 2.45) is 7.05 Å². The van der Waals surface area contributed by atoms with E-state index in [1.54, 1.807) is 6.20 Å². The highest BCUT2D eigenvalue weighted by Crippen LogP contribution is 2.31. The fraction of sp³-hybridized carbons (Fsp3) is 0.120. The van der Waals surface area contributed by atoms with Crippen LogP contribution in [-0.4, -0.2) is 33.2 Å². The number of rotatable bonds is 5. The van der Waals surface area contributed by atoms with E-state index in [1.807, 2.05) is 68.0 Å². The lowest BCUT2D eigenvalue weighted by molar-refractivity contribution is 0.481. The number of benzene rings is 2. The molecule has 0 amide bonds. The molecule has 2 aromatic heterocycles. The fourth-order valence-electron chi connectivity index (χ4n) is 3.72. The van der Waals surface area contributed by atoms with Gasteiger partial charge >= 0.3 is 0 Å². The molecule has 154 valence electrons. The van der Waals surface area contributed by atoms with Crippen LogP contribution in [0, 0.1) is 0 Å². The number of hydrogen-bond acceptors (Lipinski definition) is 5. The van der Waals surface area contributed by atoms with Crippen LogP contribution in [0.25, 0.3) is 22.6 Å². The molecule has 3 heterocycles. The average molecular weight is 409 g/mol. The third kappa shape index (κ3) is 3.88. The Kier molecular flexibility index (Phi) is 4.88. The normalized spacial score (nSPS) is 13.1. The van der Waals surface area contributed by atoms with Gasteiger partial charge in [-0.2, -0.15) is 0 Å². The first-order chi connectivity index (χ1) is 15.2. The smallest absolute Gasteiger partial charge is 0.140 e. The number of ether oxygens (including phenoxy) is 1. The summed E-state index contributed by atoms with van der Waals surface area (Å²) in [6.07, 6.45) is 9.63. The minimum atomic E-state index is 0.773. The van der Waals surface area contributed by atoms with Crippen LogP contribution >= 0.6 is 0 Å². The average Bonchev–Trinajstić information content (AvgIpc) is 3.40. The number of nitrogens with zero attached hydrogens (tertiary/aromatic N) is 5. The van der Waals surface area contributed by atoms with E-state index in [0.29, 0.717) is 0 Å². The number of aromatic nitrogens is 3. The van der Waals surface area contributed by atoms with Gasteiger partial charge in [0, 0.05) is 61.8 Å². The van der Waals surface area contributed by atoms with Crippen LogP contribution in [-0.2, 0) is 7.05 Å². The van der Waals surface area contributed by atoms with Crippen LogP contribution in [0.4, 0.5) is 5.69 Å². The van der Waals surface area contributed by atoms with Crippen molar-refractivity contribution in [3.05, 3.63) is 91.7 Å². The summed E-state index contributed by atoms with van der Waals surface area (Å²) in [4.78, 5) is 13.2. The Morgan fingerprint density at radius 2 is 1.65 bits per heavy atom. The topological polar surface area (TPSA) is 46.4 Å². The summed E-state index contributed by atoms with van der Waals surface area (Å²) in [6.45, 7) is 0.831. The lowest BCUT2D eigenvalue weighted by atomic mass is 10.2. The predicted molar refractivity (Wildman–Crippen MR) is 123 cm³/mol. The van der Waals surface area contributed by atoms with Crippen molar-refractivity contribution in [3.63, 3.8) is 0 Å². The monoisotopic (exact) mass is 409 g/mol. The van der Waals surface area contributed by atoms with E-state index in [2.05, 4.69) is 55.9 Å². The van der Waals surface area contributed by atoms with E-state index in [9.17, 15) is 0 Å². The van der Waals surface area contributed by atoms with Crippen LogP contribution in [0.3, 0.4) is 0 Å². The SMILES string of the molecule is CN1C=CN(c2cccc(Oc3cccc(-c4ncc(-c5cccnc5)n4C)c3)c2)C1. The van der Waals surface area contributed by atoms with Gasteiger partial charge in [-0.1, -0.05) is 18.2 Å². The second kappa shape index (κ2) is 7.99. The number of pyridine rings is 1. The number of hydrogen-bond donors (Lipinski definition) is 0. The molecule has 1 aliphatic rings. The molecule has 0 saturated heterocycles. The van der Waals surface area contributed by atoms with Crippen molar-refractivity contribution in [2.75, 3.05) is 18.6 Å². The molecular formula is C25H23N5O. The molecule has 0 atom stereocenters. The maximum Gasteiger partial charge on any atom is 0.140 e. The van der Waals surface area contributed by atoms with Gasteiger partial charge in [0.05, 0.1) is 18.6 Å². The summed E-state index contributed by atoms with van der Waals surface area (Å²) in [6, 6.07) is 20.1. The molecule has 0 bridgehead atoms. The van der Waals surface area contributed by atoms with Crippen molar-refractivity contribution in [3.8, 4) is 34.1 Å². The van der Waals surface area contributed by atoms with Gasteiger partial charge in [0.2, 0.25) is 0 Å². The highest BCUT2D eigenvalue weighted by molar-refractivity contribution is 5.66. The molecule has 0 unspecified atom stereocenters. The lowest BCUT2D eigenvalue weighted by Crippen LogP contribution is -2.21. The van der Waals surface area contributed by atoms with Crippen LogP contribution in [0.5, 0.6) is 11.5 Å². The Balaban J connectivity index is 1.40. The van der Waals surface area contributed by atoms with Crippen LogP contribution in [0.1, 0.15) is 0 Å². The molecule has 2 aromatic carbocycles. The van der Waals surface area contributed by atoms with Crippen molar-refractivity contribution in [2.45, 2.75) is 0 Å². The van der Waals surface area contributed by atoms with Crippen molar-refractivity contribution in [1.29, 1.82) is 0 Å². The van der Waals surface area contributed by atoms with Gasteiger partial charge in [-0.15, -0.1) is 0 Å². The molecule has 1 aliphatic heterocycles. The second-order valence-electron chi connectivity index (χ2n) is 7.56. The van der Waals surface area contributed by atoms with Gasteiger partial charge in [0.25, 0.3) is 0 Å². The lowest BCUT2D eigenvalue weighted by Gasteiger charge is -2.19. The van der Waals surface area contributed by atoms with E-state index in [1.165, 1.54) is 0 Å². The molecule has 0 saturated carbocycles. The first-order valence-corrected chi connectivity index (χ1v) is 10.1. The van der Waals surface area contributed by atoms with Gasteiger partial charge < -0.3 is 19.1 Å². The van der Waals surface area contributed by atoms with E-state index in [4.69, 9.17) is 4.74 Å². The molecule has 31 heavy (non-hydrogen) atoms. The summed E-state index contributed by atoms with van der Waals surface area (Å²) < 4.78 is 8.26. The molecule has 0 aliphatic carbocycles. The summed E-state index contributed by atoms with van der Waals surface area (Å²) in [5.74, 6) is 2.45. The van der Waals surface area contributed by atoms with E-state index >= 15 is 0 Å². The standard InChI is InChI=1S/C25H23N5O/c1-28-12-13-30(18-28)21-8-4-10-23(15-21)31-22-9-3-6-19(14-22)25-27-17-24(29(25)2)20-7-5-11-26-16-20/h3-17H,18H2,1-2H3. The zero-order chi connectivity index (χ0) is 21.2. The zero-order valence-corrected chi connectivity index (χ0v) is 17.5. The molecule has 6 heteroatoms. The van der Waals surface area contributed by atoms with E-state index in [0.717, 1.165) is 46.5 Å². The summed E-state index contributed by atoms with van der Waals surface area (Å²) >= 11 is 0. The molecule has 5 rings (SSSR count). The van der Waals surface area contributed by atoms with Gasteiger partial charge in [0.1, 0.15) is 17.3 Å². The summed E-state index contributed by atoms with van der Waals surface area (Å²) in [5, 5.41) is 0. The van der Waals surface area contributed by atoms with Crippen molar-refractivity contribution >= 4 is 5.69 Å². The van der Waals surface area contributed by atoms with Crippen molar-refractivity contribution in [1.82, 2.24) is 19.4 Å². The number of anilines is 1. The summed E-state index contributed by atoms with van der Waals surface area (Å²) in [7, 11) is 4.07. The molecule has 0 N–H and O–H groups in total. The van der Waals surface area contributed by atoms with Gasteiger partial charge in [0.15, 0.2) is 0 Å². The largest absolute Gasteiger partial charge is 0.457 e. The maximum absolute atomic E-state index is 6.19. The Bertz CT molecular complexity index is 1230. The van der Waals surface area contributed by atoms with Gasteiger partial charge in [-0.25, -0.2) is 4.98 Å². The van der Waals surface area contributed by atoms with Crippen LogP contribution < -0.4 is 9.64 Å². The highest BCUT2D eigenvalue weighted by atomic mass is 16.5. The first-order valence-electron chi connectivity index (χ1n) is 10.1. The maximum atomic E-state index is 6.19. The molecule has 0 fully saturated rings. The van der Waals surface area contributed by atoms with Crippen LogP contribution in [0.15, 0.2) is 91.7 Å². The number of imidazole rings is 1. The fourth-order valence-corrected chi connectivity index (χ4v) is 3.72. The van der Waals surface area contributed by atoms with E-state index in [-0.39, 0.29) is 0 Å². The Labute approximate surface area is 181 Å². The summed E-state index contributed by atoms with van der Waals surface area (Å²) in [5.41, 5.74) is 4.15. The molecule has 4 aromatic rings. The van der Waals surface area contributed by atoms with Crippen molar-refractivity contribution < 1.29 is 4.74 Å². The first kappa shape index (κ1) is 18.9. The molecule has 6 nitrogen and oxygen atoms in total. The Morgan fingerprint density at radius 3 is 2.42 bits per heavy atom. The quantitative estimate of drug-likeness (QED) is 0.458. The second-order valence-corrected chi connectivity index (χ2v) is 7.56. The molecule has 0 spiro atoms. The Morgan fingerprint density at radius 1 is 0.839 bits per heavy atom. The Hall–Kier alpha value is -4.06. The third-order valence-corrected chi connectivity index (χ3v) is 5.30. The minimum Gasteiger partial charge on any atom is -0.457 e. The highest BCUT2D eigenvalue weighted by Gasteiger charge is 2.13. The van der Waals surface area contributed by atoms with Crippen LogP contribution in [0.2, 0.25) is 0 Å². The third-order valence-electron chi connectivity index (χ3n) is 5.30. The van der Waals surface area contributed by atoms with Gasteiger partial charge in [-0.05, 0) is 36.4 Å². The predicted octanol–water partition coefficient (Wildman–Crippen LogP) is 5.12. The zero-order valence-electron chi connectivity index (χ0n) is 17.5. The molecule has 0 radical (unpaired) electrons. The van der Waals surface area contributed by atoms with E-state index < -0.39 is 0 Å².